The largest absolute Gasteiger partial charge is 0.460 e. The van der Waals surface area contributed by atoms with Crippen molar-refractivity contribution >= 4 is 17.6 Å². The van der Waals surface area contributed by atoms with Crippen LogP contribution in [0.15, 0.2) is 30.3 Å². The van der Waals surface area contributed by atoms with Gasteiger partial charge in [0, 0.05) is 17.2 Å². The summed E-state index contributed by atoms with van der Waals surface area (Å²) in [7, 11) is 0. The van der Waals surface area contributed by atoms with Crippen molar-refractivity contribution in [3.05, 3.63) is 52.8 Å². The lowest BCUT2D eigenvalue weighted by Crippen LogP contribution is -2.40. The summed E-state index contributed by atoms with van der Waals surface area (Å²) in [6, 6.07) is 7.44. The normalized spacial score (nSPS) is 11.7. The Morgan fingerprint density at radius 2 is 1.68 bits per heavy atom. The summed E-state index contributed by atoms with van der Waals surface area (Å²) in [5.41, 5.74) is 6.54. The van der Waals surface area contributed by atoms with Gasteiger partial charge in [-0.2, -0.15) is 0 Å². The lowest BCUT2D eigenvalue weighted by molar-refractivity contribution is -0.153. The van der Waals surface area contributed by atoms with Crippen LogP contribution in [-0.2, 0) is 16.0 Å². The van der Waals surface area contributed by atoms with Gasteiger partial charge >= 0.3 is 5.97 Å². The molecule has 168 valence electrons. The Kier molecular flexibility index (Phi) is 6.99. The fraction of sp³-hybridized carbons (Fsp3) is 0.417. The Labute approximate surface area is 182 Å². The third kappa shape index (κ3) is 7.27. The summed E-state index contributed by atoms with van der Waals surface area (Å²) in [4.78, 5) is 24.3. The van der Waals surface area contributed by atoms with Gasteiger partial charge in [0.15, 0.2) is 0 Å². The van der Waals surface area contributed by atoms with Crippen LogP contribution in [0.25, 0.3) is 0 Å². The maximum Gasteiger partial charge on any atom is 0.310 e. The highest BCUT2D eigenvalue weighted by Crippen LogP contribution is 2.32. The molecule has 0 aliphatic carbocycles. The Morgan fingerprint density at radius 1 is 1.03 bits per heavy atom. The molecule has 0 radical (unpaired) electrons. The smallest absolute Gasteiger partial charge is 0.310 e. The van der Waals surface area contributed by atoms with Gasteiger partial charge in [-0.15, -0.1) is 0 Å². The number of amides is 1. The number of rotatable bonds is 5. The molecule has 7 heteroatoms. The predicted octanol–water partition coefficient (Wildman–Crippen LogP) is 4.92. The summed E-state index contributed by atoms with van der Waals surface area (Å²) in [6.45, 7) is 12.7. The molecule has 0 saturated heterocycles. The van der Waals surface area contributed by atoms with E-state index in [9.17, 15) is 14.0 Å². The zero-order chi connectivity index (χ0) is 23.6. The summed E-state index contributed by atoms with van der Waals surface area (Å²) in [6.07, 6.45) is -0.177. The molecule has 0 spiro atoms. The first-order valence-corrected chi connectivity index (χ1v) is 10.1. The van der Waals surface area contributed by atoms with Crippen LogP contribution in [0.3, 0.4) is 0 Å². The van der Waals surface area contributed by atoms with Gasteiger partial charge < -0.3 is 20.5 Å². The standard InChI is InChI=1S/C24H31FN2O4/c1-14-10-16(12-21(28)31-24(5,6)7)17(25)13-20(14)30-19-9-8-15(11-18(19)26)22(29)27-23(2,3)4/h8-11,13H,12,26H2,1-7H3,(H,27,29). The number of esters is 1. The lowest BCUT2D eigenvalue weighted by atomic mass is 10.1. The zero-order valence-electron chi connectivity index (χ0n) is 19.2. The fourth-order valence-corrected chi connectivity index (χ4v) is 2.82. The molecule has 0 fully saturated rings. The highest BCUT2D eigenvalue weighted by molar-refractivity contribution is 5.95. The topological polar surface area (TPSA) is 90.6 Å². The molecule has 1 amide bonds. The van der Waals surface area contributed by atoms with E-state index in [-0.39, 0.29) is 34.9 Å². The van der Waals surface area contributed by atoms with Crippen molar-refractivity contribution in [1.29, 1.82) is 0 Å². The summed E-state index contributed by atoms with van der Waals surface area (Å²) < 4.78 is 25.6. The third-order valence-corrected chi connectivity index (χ3v) is 4.08. The number of hydrogen-bond donors (Lipinski definition) is 2. The van der Waals surface area contributed by atoms with Gasteiger partial charge in [-0.05, 0) is 83.9 Å². The molecule has 0 heterocycles. The van der Waals surface area contributed by atoms with Crippen LogP contribution in [0.1, 0.15) is 63.0 Å². The van der Waals surface area contributed by atoms with Crippen molar-refractivity contribution in [2.75, 3.05) is 5.73 Å². The van der Waals surface area contributed by atoms with Crippen molar-refractivity contribution in [1.82, 2.24) is 5.32 Å². The number of carbonyl (C=O) groups excluding carboxylic acids is 2. The van der Waals surface area contributed by atoms with E-state index < -0.39 is 17.4 Å². The maximum absolute atomic E-state index is 14.6. The van der Waals surface area contributed by atoms with Crippen LogP contribution in [0.5, 0.6) is 11.5 Å². The van der Waals surface area contributed by atoms with Gasteiger partial charge in [0.05, 0.1) is 12.1 Å². The Hall–Kier alpha value is -3.09. The lowest BCUT2D eigenvalue weighted by Gasteiger charge is -2.21. The Balaban J connectivity index is 2.19. The molecule has 0 saturated carbocycles. The first-order valence-electron chi connectivity index (χ1n) is 10.1. The van der Waals surface area contributed by atoms with Crippen LogP contribution in [-0.4, -0.2) is 23.0 Å². The zero-order valence-corrected chi connectivity index (χ0v) is 19.2. The van der Waals surface area contributed by atoms with Gasteiger partial charge in [-0.25, -0.2) is 4.39 Å². The minimum atomic E-state index is -0.640. The minimum absolute atomic E-state index is 0.177. The van der Waals surface area contributed by atoms with Crippen LogP contribution < -0.4 is 15.8 Å². The number of aryl methyl sites for hydroxylation is 1. The molecule has 0 unspecified atom stereocenters. The van der Waals surface area contributed by atoms with E-state index in [1.807, 2.05) is 20.8 Å². The number of nitrogen functional groups attached to an aromatic ring is 1. The SMILES string of the molecule is Cc1cc(CC(=O)OC(C)(C)C)c(F)cc1Oc1ccc(C(=O)NC(C)(C)C)cc1N. The molecule has 2 rings (SSSR count). The van der Waals surface area contributed by atoms with Crippen molar-refractivity contribution in [3.8, 4) is 11.5 Å². The van der Waals surface area contributed by atoms with E-state index >= 15 is 0 Å². The second-order valence-electron chi connectivity index (χ2n) is 9.53. The minimum Gasteiger partial charge on any atom is -0.460 e. The van der Waals surface area contributed by atoms with E-state index in [0.29, 0.717) is 16.9 Å². The van der Waals surface area contributed by atoms with Gasteiger partial charge in [0.2, 0.25) is 0 Å². The molecular formula is C24H31FN2O4. The number of ether oxygens (including phenoxy) is 2. The van der Waals surface area contributed by atoms with E-state index in [4.69, 9.17) is 15.2 Å². The molecule has 3 N–H and O–H groups in total. The van der Waals surface area contributed by atoms with Crippen molar-refractivity contribution in [2.45, 2.75) is 66.0 Å². The fourth-order valence-electron chi connectivity index (χ4n) is 2.82. The first kappa shape index (κ1) is 24.2. The second kappa shape index (κ2) is 8.96. The molecule has 2 aromatic rings. The molecule has 2 aromatic carbocycles. The highest BCUT2D eigenvalue weighted by atomic mass is 19.1. The average Bonchev–Trinajstić information content (AvgIpc) is 2.57. The number of halogens is 1. The first-order chi connectivity index (χ1) is 14.1. The van der Waals surface area contributed by atoms with Crippen LogP contribution >= 0.6 is 0 Å². The molecule has 0 bridgehead atoms. The number of hydrogen-bond acceptors (Lipinski definition) is 5. The number of nitrogens with one attached hydrogen (secondary N) is 1. The average molecular weight is 431 g/mol. The summed E-state index contributed by atoms with van der Waals surface area (Å²) >= 11 is 0. The van der Waals surface area contributed by atoms with E-state index in [0.717, 1.165) is 0 Å². The molecule has 31 heavy (non-hydrogen) atoms. The second-order valence-corrected chi connectivity index (χ2v) is 9.53. The Bertz CT molecular complexity index is 988. The van der Waals surface area contributed by atoms with Crippen molar-refractivity contribution < 1.29 is 23.5 Å². The van der Waals surface area contributed by atoms with Gasteiger partial charge in [0.1, 0.15) is 22.9 Å². The monoisotopic (exact) mass is 430 g/mol. The van der Waals surface area contributed by atoms with Crippen LogP contribution in [0.4, 0.5) is 10.1 Å². The predicted molar refractivity (Wildman–Crippen MR) is 119 cm³/mol. The quantitative estimate of drug-likeness (QED) is 0.519. The Morgan fingerprint density at radius 3 is 2.23 bits per heavy atom. The third-order valence-electron chi connectivity index (χ3n) is 4.08. The van der Waals surface area contributed by atoms with Crippen LogP contribution in [0, 0.1) is 12.7 Å². The molecule has 0 aliphatic heterocycles. The molecule has 0 atom stereocenters. The molecule has 0 aliphatic rings. The van der Waals surface area contributed by atoms with Gasteiger partial charge in [-0.1, -0.05) is 0 Å². The molecule has 0 aromatic heterocycles. The number of nitrogens with two attached hydrogens (primary N) is 1. The van der Waals surface area contributed by atoms with Crippen molar-refractivity contribution in [2.24, 2.45) is 0 Å². The number of anilines is 1. The number of carbonyl (C=O) groups is 2. The summed E-state index contributed by atoms with van der Waals surface area (Å²) in [5.74, 6) is -0.766. The van der Waals surface area contributed by atoms with Gasteiger partial charge in [-0.3, -0.25) is 9.59 Å². The van der Waals surface area contributed by atoms with Crippen LogP contribution in [0.2, 0.25) is 0 Å². The van der Waals surface area contributed by atoms with E-state index in [1.165, 1.54) is 12.1 Å². The van der Waals surface area contributed by atoms with E-state index in [2.05, 4.69) is 5.32 Å². The molecular weight excluding hydrogens is 399 g/mol. The van der Waals surface area contributed by atoms with E-state index in [1.54, 1.807) is 45.9 Å². The van der Waals surface area contributed by atoms with Crippen molar-refractivity contribution in [3.63, 3.8) is 0 Å². The molecule has 6 nitrogen and oxygen atoms in total. The maximum atomic E-state index is 14.6. The highest BCUT2D eigenvalue weighted by Gasteiger charge is 2.20. The number of benzene rings is 2. The van der Waals surface area contributed by atoms with Gasteiger partial charge in [0.25, 0.3) is 5.91 Å². The summed E-state index contributed by atoms with van der Waals surface area (Å²) in [5, 5.41) is 2.86.